The van der Waals surface area contributed by atoms with Gasteiger partial charge in [0.2, 0.25) is 0 Å². The van der Waals surface area contributed by atoms with E-state index >= 15 is 0 Å². The van der Waals surface area contributed by atoms with Crippen LogP contribution in [0.3, 0.4) is 0 Å². The van der Waals surface area contributed by atoms with Gasteiger partial charge in [0.1, 0.15) is 0 Å². The molecule has 18 heavy (non-hydrogen) atoms. The highest BCUT2D eigenvalue weighted by molar-refractivity contribution is 7.87. The van der Waals surface area contributed by atoms with Crippen molar-refractivity contribution in [3.63, 3.8) is 0 Å². The SMILES string of the molecule is O=S(=O)(NCC1(O)CCCCC1)N1CCOCC1. The largest absolute Gasteiger partial charge is 0.389 e. The molecule has 0 aromatic carbocycles. The van der Waals surface area contributed by atoms with Crippen LogP contribution in [0.1, 0.15) is 32.1 Å². The third-order valence-electron chi connectivity index (χ3n) is 3.68. The van der Waals surface area contributed by atoms with Crippen molar-refractivity contribution in [3.8, 4) is 0 Å². The minimum absolute atomic E-state index is 0.118. The Kier molecular flexibility index (Phi) is 4.60. The summed E-state index contributed by atoms with van der Waals surface area (Å²) in [6.07, 6.45) is 4.42. The Balaban J connectivity index is 1.87. The molecule has 0 spiro atoms. The third-order valence-corrected chi connectivity index (χ3v) is 5.23. The van der Waals surface area contributed by atoms with Gasteiger partial charge in [0.25, 0.3) is 10.2 Å². The number of hydrogen-bond donors (Lipinski definition) is 2. The predicted molar refractivity (Wildman–Crippen MR) is 67.3 cm³/mol. The van der Waals surface area contributed by atoms with Crippen LogP contribution in [0.2, 0.25) is 0 Å². The molecule has 0 aromatic heterocycles. The first-order chi connectivity index (χ1) is 8.52. The maximum absolute atomic E-state index is 12.0. The first-order valence-corrected chi connectivity index (χ1v) is 8.01. The minimum atomic E-state index is -3.48. The number of hydrogen-bond acceptors (Lipinski definition) is 4. The lowest BCUT2D eigenvalue weighted by Gasteiger charge is -2.33. The smallest absolute Gasteiger partial charge is 0.279 e. The van der Waals surface area contributed by atoms with Gasteiger partial charge in [0, 0.05) is 19.6 Å². The fraction of sp³-hybridized carbons (Fsp3) is 1.00. The third kappa shape index (κ3) is 3.64. The van der Waals surface area contributed by atoms with E-state index in [0.717, 1.165) is 19.3 Å². The fourth-order valence-electron chi connectivity index (χ4n) is 2.49. The lowest BCUT2D eigenvalue weighted by molar-refractivity contribution is 0.00873. The van der Waals surface area contributed by atoms with Crippen molar-refractivity contribution in [2.24, 2.45) is 0 Å². The van der Waals surface area contributed by atoms with Gasteiger partial charge >= 0.3 is 0 Å². The molecule has 1 heterocycles. The highest BCUT2D eigenvalue weighted by Crippen LogP contribution is 2.27. The molecule has 7 heteroatoms. The number of ether oxygens (including phenoxy) is 1. The van der Waals surface area contributed by atoms with E-state index in [2.05, 4.69) is 4.72 Å². The second kappa shape index (κ2) is 5.83. The minimum Gasteiger partial charge on any atom is -0.389 e. The molecule has 0 atom stereocenters. The van der Waals surface area contributed by atoms with Crippen LogP contribution in [-0.2, 0) is 14.9 Å². The van der Waals surface area contributed by atoms with E-state index in [1.807, 2.05) is 0 Å². The number of nitrogens with zero attached hydrogens (tertiary/aromatic N) is 1. The van der Waals surface area contributed by atoms with Crippen molar-refractivity contribution in [1.82, 2.24) is 9.03 Å². The quantitative estimate of drug-likeness (QED) is 0.749. The van der Waals surface area contributed by atoms with Crippen LogP contribution in [0.4, 0.5) is 0 Å². The average Bonchev–Trinajstić information content (AvgIpc) is 2.39. The van der Waals surface area contributed by atoms with Crippen LogP contribution >= 0.6 is 0 Å². The lowest BCUT2D eigenvalue weighted by Crippen LogP contribution is -2.51. The van der Waals surface area contributed by atoms with Crippen molar-refractivity contribution in [2.75, 3.05) is 32.8 Å². The van der Waals surface area contributed by atoms with Crippen molar-refractivity contribution >= 4 is 10.2 Å². The van der Waals surface area contributed by atoms with E-state index in [-0.39, 0.29) is 6.54 Å². The Morgan fingerprint density at radius 3 is 2.39 bits per heavy atom. The van der Waals surface area contributed by atoms with E-state index in [0.29, 0.717) is 39.1 Å². The molecule has 6 nitrogen and oxygen atoms in total. The van der Waals surface area contributed by atoms with Crippen molar-refractivity contribution in [3.05, 3.63) is 0 Å². The maximum Gasteiger partial charge on any atom is 0.279 e. The predicted octanol–water partition coefficient (Wildman–Crippen LogP) is -0.152. The molecule has 0 bridgehead atoms. The van der Waals surface area contributed by atoms with E-state index < -0.39 is 15.8 Å². The summed E-state index contributed by atoms with van der Waals surface area (Å²) in [5.74, 6) is 0. The Morgan fingerprint density at radius 1 is 1.17 bits per heavy atom. The fourth-order valence-corrected chi connectivity index (χ4v) is 3.75. The Labute approximate surface area is 108 Å². The van der Waals surface area contributed by atoms with Crippen LogP contribution in [-0.4, -0.2) is 56.3 Å². The van der Waals surface area contributed by atoms with E-state index in [1.165, 1.54) is 4.31 Å². The molecule has 1 aliphatic heterocycles. The zero-order valence-corrected chi connectivity index (χ0v) is 11.4. The monoisotopic (exact) mass is 278 g/mol. The van der Waals surface area contributed by atoms with Crippen molar-refractivity contribution in [2.45, 2.75) is 37.7 Å². The summed E-state index contributed by atoms with van der Waals surface area (Å²) in [7, 11) is -3.48. The van der Waals surface area contributed by atoms with Gasteiger partial charge in [-0.1, -0.05) is 19.3 Å². The molecule has 0 unspecified atom stereocenters. The van der Waals surface area contributed by atoms with Crippen molar-refractivity contribution < 1.29 is 18.3 Å². The number of aliphatic hydroxyl groups is 1. The number of rotatable bonds is 4. The molecule has 2 N–H and O–H groups in total. The molecule has 0 radical (unpaired) electrons. The first-order valence-electron chi connectivity index (χ1n) is 6.57. The van der Waals surface area contributed by atoms with Gasteiger partial charge in [0.05, 0.1) is 18.8 Å². The summed E-state index contributed by atoms with van der Waals surface area (Å²) < 4.78 is 33.1. The van der Waals surface area contributed by atoms with Gasteiger partial charge < -0.3 is 9.84 Å². The Hall–Kier alpha value is -0.210. The number of nitrogens with one attached hydrogen (secondary N) is 1. The summed E-state index contributed by atoms with van der Waals surface area (Å²) in [5, 5.41) is 10.3. The summed E-state index contributed by atoms with van der Waals surface area (Å²) in [6, 6.07) is 0. The van der Waals surface area contributed by atoms with Crippen molar-refractivity contribution in [1.29, 1.82) is 0 Å². The molecule has 2 fully saturated rings. The number of morpholine rings is 1. The first kappa shape index (κ1) is 14.2. The van der Waals surface area contributed by atoms with Crippen LogP contribution in [0.25, 0.3) is 0 Å². The summed E-state index contributed by atoms with van der Waals surface area (Å²) in [4.78, 5) is 0. The molecule has 0 amide bonds. The van der Waals surface area contributed by atoms with Crippen LogP contribution in [0.5, 0.6) is 0 Å². The molecule has 1 saturated heterocycles. The second-order valence-electron chi connectivity index (χ2n) is 5.12. The Bertz CT molecular complexity index is 359. The van der Waals surface area contributed by atoms with Gasteiger partial charge in [-0.25, -0.2) is 0 Å². The standard InChI is InChI=1S/C11H22N2O4S/c14-11(4-2-1-3-5-11)10-12-18(15,16)13-6-8-17-9-7-13/h12,14H,1-10H2. The van der Waals surface area contributed by atoms with E-state index in [4.69, 9.17) is 4.74 Å². The zero-order chi connectivity index (χ0) is 13.1. The molecule has 1 saturated carbocycles. The van der Waals surface area contributed by atoms with E-state index in [1.54, 1.807) is 0 Å². The summed E-state index contributed by atoms with van der Waals surface area (Å²) in [5.41, 5.74) is -0.863. The van der Waals surface area contributed by atoms with Gasteiger partial charge in [0.15, 0.2) is 0 Å². The second-order valence-corrected chi connectivity index (χ2v) is 6.88. The van der Waals surface area contributed by atoms with Gasteiger partial charge in [-0.05, 0) is 12.8 Å². The molecule has 0 aromatic rings. The molecule has 2 rings (SSSR count). The molecule has 1 aliphatic carbocycles. The van der Waals surface area contributed by atoms with Crippen LogP contribution in [0, 0.1) is 0 Å². The Morgan fingerprint density at radius 2 is 1.78 bits per heavy atom. The molecular weight excluding hydrogens is 256 g/mol. The molecule has 106 valence electrons. The summed E-state index contributed by atoms with van der Waals surface area (Å²) in [6.45, 7) is 1.75. The topological polar surface area (TPSA) is 78.9 Å². The zero-order valence-electron chi connectivity index (χ0n) is 10.6. The van der Waals surface area contributed by atoms with Gasteiger partial charge in [-0.15, -0.1) is 0 Å². The van der Waals surface area contributed by atoms with Crippen LogP contribution in [0.15, 0.2) is 0 Å². The van der Waals surface area contributed by atoms with Crippen LogP contribution < -0.4 is 4.72 Å². The van der Waals surface area contributed by atoms with Gasteiger partial charge in [-0.2, -0.15) is 17.4 Å². The maximum atomic E-state index is 12.0. The highest BCUT2D eigenvalue weighted by atomic mass is 32.2. The molecular formula is C11H22N2O4S. The average molecular weight is 278 g/mol. The van der Waals surface area contributed by atoms with Gasteiger partial charge in [-0.3, -0.25) is 0 Å². The molecule has 2 aliphatic rings. The normalized spacial score (nSPS) is 26.1. The van der Waals surface area contributed by atoms with E-state index in [9.17, 15) is 13.5 Å². The highest BCUT2D eigenvalue weighted by Gasteiger charge is 2.32. The summed E-state index contributed by atoms with van der Waals surface area (Å²) >= 11 is 0. The lowest BCUT2D eigenvalue weighted by atomic mass is 9.85.